The van der Waals surface area contributed by atoms with Gasteiger partial charge in [0.2, 0.25) is 5.91 Å². The molecule has 1 aliphatic rings. The normalized spacial score (nSPS) is 13.6. The first-order valence-electron chi connectivity index (χ1n) is 9.55. The van der Waals surface area contributed by atoms with Gasteiger partial charge in [-0.05, 0) is 49.0 Å². The summed E-state index contributed by atoms with van der Waals surface area (Å²) >= 11 is 0. The maximum absolute atomic E-state index is 13.1. The van der Waals surface area contributed by atoms with Crippen molar-refractivity contribution in [1.82, 2.24) is 4.57 Å². The van der Waals surface area contributed by atoms with E-state index >= 15 is 0 Å². The molecule has 0 aliphatic heterocycles. The zero-order valence-electron chi connectivity index (χ0n) is 16.1. The Bertz CT molecular complexity index is 933. The Kier molecular flexibility index (Phi) is 7.66. The number of hydrogen-bond acceptors (Lipinski definition) is 4. The molecule has 152 valence electrons. The van der Waals surface area contributed by atoms with Gasteiger partial charge in [-0.15, -0.1) is 12.4 Å². The third kappa shape index (κ3) is 4.94. The average molecular weight is 406 g/mol. The van der Waals surface area contributed by atoms with Crippen molar-refractivity contribution in [3.63, 3.8) is 0 Å². The van der Waals surface area contributed by atoms with Crippen LogP contribution in [0.25, 0.3) is 16.8 Å². The lowest BCUT2D eigenvalue weighted by Gasteiger charge is -2.19. The number of unbranched alkanes of at least 4 members (excludes halogenated alkanes) is 1. The quantitative estimate of drug-likeness (QED) is 0.494. The number of fused-ring (bicyclic) bond motifs is 1. The molecule has 1 aliphatic carbocycles. The maximum Gasteiger partial charge on any atom is 0.258 e. The van der Waals surface area contributed by atoms with E-state index in [4.69, 9.17) is 16.2 Å². The number of benzene rings is 1. The smallest absolute Gasteiger partial charge is 0.258 e. The number of nitrogens with two attached hydrogens (primary N) is 2. The van der Waals surface area contributed by atoms with Gasteiger partial charge in [0.05, 0.1) is 17.7 Å². The lowest BCUT2D eigenvalue weighted by molar-refractivity contribution is -0.113. The van der Waals surface area contributed by atoms with Crippen molar-refractivity contribution in [1.29, 1.82) is 0 Å². The number of ether oxygens (including phenoxy) is 1. The van der Waals surface area contributed by atoms with E-state index in [9.17, 15) is 9.59 Å². The summed E-state index contributed by atoms with van der Waals surface area (Å²) in [5.41, 5.74) is 12.7. The molecule has 6 nitrogen and oxygen atoms in total. The molecule has 1 amide bonds. The van der Waals surface area contributed by atoms with Gasteiger partial charge in [0.1, 0.15) is 5.75 Å². The topological polar surface area (TPSA) is 100 Å². The van der Waals surface area contributed by atoms with Crippen molar-refractivity contribution in [3.8, 4) is 5.75 Å². The van der Waals surface area contributed by atoms with Crippen molar-refractivity contribution in [3.05, 3.63) is 45.9 Å². The number of carbonyl (C=O) groups is 1. The molecule has 0 unspecified atom stereocenters. The predicted octanol–water partition coefficient (Wildman–Crippen LogP) is 2.97. The van der Waals surface area contributed by atoms with Crippen LogP contribution in [0.2, 0.25) is 0 Å². The van der Waals surface area contributed by atoms with Crippen molar-refractivity contribution < 1.29 is 9.53 Å². The molecule has 0 radical (unpaired) electrons. The molecule has 2 aromatic rings. The van der Waals surface area contributed by atoms with E-state index in [1.165, 1.54) is 6.08 Å². The fourth-order valence-electron chi connectivity index (χ4n) is 3.20. The van der Waals surface area contributed by atoms with Crippen LogP contribution in [0.5, 0.6) is 5.75 Å². The lowest BCUT2D eigenvalue weighted by Crippen LogP contribution is -2.27. The van der Waals surface area contributed by atoms with Crippen molar-refractivity contribution in [2.24, 2.45) is 17.4 Å². The number of rotatable bonds is 9. The number of aromatic nitrogens is 1. The second-order valence-corrected chi connectivity index (χ2v) is 7.08. The van der Waals surface area contributed by atoms with Gasteiger partial charge in [0, 0.05) is 24.6 Å². The summed E-state index contributed by atoms with van der Waals surface area (Å²) in [5.74, 6) is 0.708. The van der Waals surface area contributed by atoms with Gasteiger partial charge in [0.25, 0.3) is 5.56 Å². The summed E-state index contributed by atoms with van der Waals surface area (Å²) in [5, 5.41) is 1.34. The highest BCUT2D eigenvalue weighted by molar-refractivity contribution is 5.93. The van der Waals surface area contributed by atoms with E-state index in [-0.39, 0.29) is 24.5 Å². The lowest BCUT2D eigenvalue weighted by atomic mass is 10.0. The largest absolute Gasteiger partial charge is 0.491 e. The molecule has 0 atom stereocenters. The van der Waals surface area contributed by atoms with Crippen LogP contribution in [0, 0.1) is 5.92 Å². The van der Waals surface area contributed by atoms with Crippen molar-refractivity contribution in [2.75, 3.05) is 6.61 Å². The highest BCUT2D eigenvalue weighted by Gasteiger charge is 2.25. The van der Waals surface area contributed by atoms with E-state index in [1.807, 2.05) is 12.1 Å². The SMILES string of the molecule is CCCCOc1c(CN)n(CC2CC2)c(=O)c2ccc(C=CC(N)=O)cc12.Cl. The molecule has 0 saturated heterocycles. The monoisotopic (exact) mass is 405 g/mol. The second kappa shape index (κ2) is 9.75. The minimum atomic E-state index is -0.517. The number of halogens is 1. The number of nitrogens with zero attached hydrogens (tertiary/aromatic N) is 1. The van der Waals surface area contributed by atoms with Crippen LogP contribution in [-0.4, -0.2) is 17.1 Å². The van der Waals surface area contributed by atoms with Gasteiger partial charge in [-0.2, -0.15) is 0 Å². The molecule has 7 heteroatoms. The molecule has 28 heavy (non-hydrogen) atoms. The number of pyridine rings is 1. The van der Waals surface area contributed by atoms with Crippen molar-refractivity contribution >= 4 is 35.2 Å². The minimum absolute atomic E-state index is 0. The predicted molar refractivity (Wildman–Crippen MR) is 115 cm³/mol. The van der Waals surface area contributed by atoms with Crippen LogP contribution in [-0.2, 0) is 17.9 Å². The van der Waals surface area contributed by atoms with Gasteiger partial charge >= 0.3 is 0 Å². The van der Waals surface area contributed by atoms with Crippen LogP contribution in [0.4, 0.5) is 0 Å². The van der Waals surface area contributed by atoms with Crippen molar-refractivity contribution in [2.45, 2.75) is 45.7 Å². The Morgan fingerprint density at radius 1 is 1.32 bits per heavy atom. The van der Waals surface area contributed by atoms with E-state index in [1.54, 1.807) is 16.7 Å². The molecular formula is C21H28ClN3O3. The average Bonchev–Trinajstić information content (AvgIpc) is 3.47. The highest BCUT2D eigenvalue weighted by atomic mass is 35.5. The summed E-state index contributed by atoms with van der Waals surface area (Å²) < 4.78 is 7.90. The molecule has 4 N–H and O–H groups in total. The van der Waals surface area contributed by atoms with Gasteiger partial charge in [-0.1, -0.05) is 19.4 Å². The summed E-state index contributed by atoms with van der Waals surface area (Å²) in [6.07, 6.45) is 7.18. The minimum Gasteiger partial charge on any atom is -0.491 e. The molecule has 0 spiro atoms. The zero-order chi connectivity index (χ0) is 19.4. The Hall–Kier alpha value is -2.31. The number of hydrogen-bond donors (Lipinski definition) is 2. The van der Waals surface area contributed by atoms with E-state index in [0.717, 1.165) is 42.3 Å². The van der Waals surface area contributed by atoms with Gasteiger partial charge < -0.3 is 20.8 Å². The van der Waals surface area contributed by atoms with E-state index in [0.29, 0.717) is 30.2 Å². The molecule has 1 aromatic heterocycles. The fourth-order valence-corrected chi connectivity index (χ4v) is 3.20. The Morgan fingerprint density at radius 2 is 2.07 bits per heavy atom. The summed E-state index contributed by atoms with van der Waals surface area (Å²) in [6.45, 7) is 3.60. The number of amides is 1. The Labute approximate surface area is 170 Å². The van der Waals surface area contributed by atoms with Gasteiger partial charge in [-0.3, -0.25) is 9.59 Å². The number of primary amides is 1. The van der Waals surface area contributed by atoms with E-state index < -0.39 is 5.91 Å². The summed E-state index contributed by atoms with van der Waals surface area (Å²) in [7, 11) is 0. The van der Waals surface area contributed by atoms with Crippen LogP contribution in [0.3, 0.4) is 0 Å². The highest BCUT2D eigenvalue weighted by Crippen LogP contribution is 2.34. The second-order valence-electron chi connectivity index (χ2n) is 7.08. The molecule has 0 bridgehead atoms. The fraction of sp³-hybridized carbons (Fsp3) is 0.429. The van der Waals surface area contributed by atoms with Crippen LogP contribution in [0.1, 0.15) is 43.9 Å². The van der Waals surface area contributed by atoms with Crippen LogP contribution >= 0.6 is 12.4 Å². The van der Waals surface area contributed by atoms with E-state index in [2.05, 4.69) is 6.92 Å². The third-order valence-corrected chi connectivity index (χ3v) is 4.87. The molecule has 3 rings (SSSR count). The summed E-state index contributed by atoms with van der Waals surface area (Å²) in [4.78, 5) is 24.1. The van der Waals surface area contributed by atoms with Gasteiger partial charge in [0.15, 0.2) is 0 Å². The Balaban J connectivity index is 0.00000280. The first kappa shape index (κ1) is 22.0. The van der Waals surface area contributed by atoms with Crippen LogP contribution in [0.15, 0.2) is 29.1 Å². The maximum atomic E-state index is 13.1. The summed E-state index contributed by atoms with van der Waals surface area (Å²) in [6, 6.07) is 5.45. The number of carbonyl (C=O) groups excluding carboxylic acids is 1. The molecule has 1 fully saturated rings. The molecule has 1 heterocycles. The van der Waals surface area contributed by atoms with Crippen LogP contribution < -0.4 is 21.8 Å². The molecule has 1 aromatic carbocycles. The van der Waals surface area contributed by atoms with Gasteiger partial charge in [-0.25, -0.2) is 0 Å². The third-order valence-electron chi connectivity index (χ3n) is 4.87. The molecular weight excluding hydrogens is 378 g/mol. The first-order chi connectivity index (χ1) is 13.0. The standard InChI is InChI=1S/C21H27N3O3.ClH/c1-2-3-10-27-20-17-11-14(7-9-19(23)25)6-8-16(17)21(26)24(18(20)12-22)13-15-4-5-15;/h6-9,11,15H,2-5,10,12-13,22H2,1H3,(H2,23,25);1H. The first-order valence-corrected chi connectivity index (χ1v) is 9.55. The Morgan fingerprint density at radius 3 is 2.68 bits per heavy atom. The zero-order valence-corrected chi connectivity index (χ0v) is 17.0. The molecule has 1 saturated carbocycles.